The molecular formula is C33H45N3O7. The van der Waals surface area contributed by atoms with E-state index in [9.17, 15) is 19.5 Å². The molecule has 10 heteroatoms. The Kier molecular flexibility index (Phi) is 9.70. The lowest BCUT2D eigenvalue weighted by Gasteiger charge is -2.40. The third-order valence-electron chi connectivity index (χ3n) is 9.64. The minimum Gasteiger partial charge on any atom is -0.465 e. The third kappa shape index (κ3) is 5.78. The summed E-state index contributed by atoms with van der Waals surface area (Å²) in [5.74, 6) is -2.84. The number of morpholine rings is 1. The SMILES string of the molecule is C=CCCCOC(=O)[C@H]1[C@H]2C(=O)N([C@H](CO)c3ccccc3)C(C(=O)N(CC=C)CCN3CCOCC3)C23CC[C@]1(C)O3. The van der Waals surface area contributed by atoms with Crippen LogP contribution in [0.1, 0.15) is 44.2 Å². The van der Waals surface area contributed by atoms with Gasteiger partial charge in [-0.1, -0.05) is 42.5 Å². The predicted molar refractivity (Wildman–Crippen MR) is 160 cm³/mol. The molecule has 1 aromatic rings. The third-order valence-corrected chi connectivity index (χ3v) is 9.64. The van der Waals surface area contributed by atoms with Crippen LogP contribution in [0.3, 0.4) is 0 Å². The van der Waals surface area contributed by atoms with Gasteiger partial charge in [-0.05, 0) is 38.2 Å². The van der Waals surface area contributed by atoms with Crippen molar-refractivity contribution in [2.75, 3.05) is 59.2 Å². The topological polar surface area (TPSA) is 109 Å². The maximum atomic E-state index is 14.7. The van der Waals surface area contributed by atoms with Gasteiger partial charge in [-0.25, -0.2) is 0 Å². The number of ether oxygens (including phenoxy) is 3. The monoisotopic (exact) mass is 595 g/mol. The number of benzene rings is 1. The number of rotatable bonds is 14. The number of nitrogens with zero attached hydrogens (tertiary/aromatic N) is 3. The van der Waals surface area contributed by atoms with Gasteiger partial charge in [0.15, 0.2) is 0 Å². The Morgan fingerprint density at radius 2 is 1.93 bits per heavy atom. The number of aliphatic hydroxyl groups is 1. The quantitative estimate of drug-likeness (QED) is 0.198. The van der Waals surface area contributed by atoms with E-state index < -0.39 is 41.1 Å². The molecule has 0 radical (unpaired) electrons. The van der Waals surface area contributed by atoms with Gasteiger partial charge in [0.25, 0.3) is 0 Å². The average molecular weight is 596 g/mol. The summed E-state index contributed by atoms with van der Waals surface area (Å²) in [6, 6.07) is 7.42. The minimum atomic E-state index is -1.21. The number of carbonyl (C=O) groups is 3. The van der Waals surface area contributed by atoms with Gasteiger partial charge in [-0.15, -0.1) is 13.2 Å². The van der Waals surface area contributed by atoms with Gasteiger partial charge in [0.05, 0.1) is 44.0 Å². The molecule has 0 aliphatic carbocycles. The van der Waals surface area contributed by atoms with E-state index in [1.165, 1.54) is 4.90 Å². The van der Waals surface area contributed by atoms with Gasteiger partial charge in [0.2, 0.25) is 11.8 Å². The van der Waals surface area contributed by atoms with Crippen LogP contribution in [0, 0.1) is 11.8 Å². The zero-order chi connectivity index (χ0) is 30.6. The molecule has 10 nitrogen and oxygen atoms in total. The van der Waals surface area contributed by atoms with Crippen molar-refractivity contribution in [1.29, 1.82) is 0 Å². The molecule has 0 saturated carbocycles. The highest BCUT2D eigenvalue weighted by Gasteiger charge is 2.79. The standard InChI is InChI=1S/C33H45N3O7/c1-4-6-10-20-42-31(40)27-26-29(38)36(25(23-37)24-11-8-7-9-12-24)28(33(26)14-13-32(27,3)43-33)30(39)35(15-5-2)17-16-34-18-21-41-22-19-34/h4-5,7-9,11-12,25-28,37H,1-2,6,10,13-23H2,3H3/t25-,26+,27-,28?,32+,33?/m1/s1. The van der Waals surface area contributed by atoms with Crippen LogP contribution in [0.4, 0.5) is 0 Å². The number of hydrogen-bond donors (Lipinski definition) is 1. The van der Waals surface area contributed by atoms with Crippen LogP contribution in [0.25, 0.3) is 0 Å². The van der Waals surface area contributed by atoms with Crippen LogP contribution in [0.2, 0.25) is 0 Å². The Balaban J connectivity index is 1.51. The smallest absolute Gasteiger partial charge is 0.312 e. The van der Waals surface area contributed by atoms with E-state index in [2.05, 4.69) is 18.1 Å². The summed E-state index contributed by atoms with van der Waals surface area (Å²) < 4.78 is 17.9. The highest BCUT2D eigenvalue weighted by molar-refractivity contribution is 5.98. The Bertz CT molecular complexity index is 1190. The van der Waals surface area contributed by atoms with E-state index in [0.29, 0.717) is 64.1 Å². The molecule has 1 spiro atoms. The zero-order valence-corrected chi connectivity index (χ0v) is 25.2. The first-order valence-electron chi connectivity index (χ1n) is 15.5. The molecule has 234 valence electrons. The first kappa shape index (κ1) is 31.4. The number of fused-ring (bicyclic) bond motifs is 1. The lowest BCUT2D eigenvalue weighted by Crippen LogP contribution is -2.58. The summed E-state index contributed by atoms with van der Waals surface area (Å²) in [4.78, 5) is 48.4. The average Bonchev–Trinajstić information content (AvgIpc) is 3.59. The van der Waals surface area contributed by atoms with Crippen molar-refractivity contribution in [2.45, 2.75) is 55.9 Å². The predicted octanol–water partition coefficient (Wildman–Crippen LogP) is 2.34. The molecule has 2 bridgehead atoms. The van der Waals surface area contributed by atoms with Gasteiger partial charge in [0, 0.05) is 32.7 Å². The van der Waals surface area contributed by atoms with Gasteiger partial charge >= 0.3 is 5.97 Å². The highest BCUT2D eigenvalue weighted by Crippen LogP contribution is 2.64. The van der Waals surface area contributed by atoms with Gasteiger partial charge in [0.1, 0.15) is 17.6 Å². The fourth-order valence-electron chi connectivity index (χ4n) is 7.56. The van der Waals surface area contributed by atoms with Gasteiger partial charge in [-0.3, -0.25) is 19.3 Å². The summed E-state index contributed by atoms with van der Waals surface area (Å²) in [5.41, 5.74) is -1.44. The normalized spacial score (nSPS) is 30.6. The van der Waals surface area contributed by atoms with Crippen molar-refractivity contribution in [3.05, 3.63) is 61.2 Å². The van der Waals surface area contributed by atoms with E-state index in [1.807, 2.05) is 37.3 Å². The van der Waals surface area contributed by atoms with E-state index in [1.54, 1.807) is 17.1 Å². The molecule has 43 heavy (non-hydrogen) atoms. The lowest BCUT2D eigenvalue weighted by atomic mass is 9.66. The largest absolute Gasteiger partial charge is 0.465 e. The molecular weight excluding hydrogens is 550 g/mol. The lowest BCUT2D eigenvalue weighted by molar-refractivity contribution is -0.162. The van der Waals surface area contributed by atoms with E-state index in [4.69, 9.17) is 14.2 Å². The van der Waals surface area contributed by atoms with Crippen molar-refractivity contribution in [3.63, 3.8) is 0 Å². The molecule has 5 rings (SSSR count). The van der Waals surface area contributed by atoms with Crippen LogP contribution < -0.4 is 0 Å². The summed E-state index contributed by atoms with van der Waals surface area (Å²) in [5, 5.41) is 10.7. The fraction of sp³-hybridized carbons (Fsp3) is 0.606. The van der Waals surface area contributed by atoms with Crippen LogP contribution >= 0.6 is 0 Å². The van der Waals surface area contributed by atoms with Crippen molar-refractivity contribution < 1.29 is 33.7 Å². The number of likely N-dealkylation sites (tertiary alicyclic amines) is 1. The van der Waals surface area contributed by atoms with Crippen LogP contribution in [-0.4, -0.2) is 114 Å². The van der Waals surface area contributed by atoms with E-state index >= 15 is 0 Å². The summed E-state index contributed by atoms with van der Waals surface area (Å²) in [6.45, 7) is 13.6. The molecule has 0 aromatic heterocycles. The second kappa shape index (κ2) is 13.3. The molecule has 4 aliphatic heterocycles. The van der Waals surface area contributed by atoms with Crippen LogP contribution in [0.5, 0.6) is 0 Å². The fourth-order valence-corrected chi connectivity index (χ4v) is 7.56. The van der Waals surface area contributed by atoms with Crippen molar-refractivity contribution in [2.24, 2.45) is 11.8 Å². The highest BCUT2D eigenvalue weighted by atomic mass is 16.6. The maximum Gasteiger partial charge on any atom is 0.312 e. The first-order chi connectivity index (χ1) is 20.8. The van der Waals surface area contributed by atoms with E-state index in [-0.39, 0.29) is 25.0 Å². The molecule has 4 aliphatic rings. The molecule has 2 amide bonds. The Morgan fingerprint density at radius 1 is 1.19 bits per heavy atom. The second-order valence-electron chi connectivity index (χ2n) is 12.2. The van der Waals surface area contributed by atoms with Crippen molar-refractivity contribution in [1.82, 2.24) is 14.7 Å². The summed E-state index contributed by atoms with van der Waals surface area (Å²) >= 11 is 0. The Labute approximate surface area is 254 Å². The van der Waals surface area contributed by atoms with Crippen LogP contribution in [0.15, 0.2) is 55.6 Å². The molecule has 4 fully saturated rings. The number of aliphatic hydroxyl groups excluding tert-OH is 1. The maximum absolute atomic E-state index is 14.7. The van der Waals surface area contributed by atoms with Gasteiger partial charge in [-0.2, -0.15) is 0 Å². The number of allylic oxidation sites excluding steroid dienone is 1. The molecule has 1 aromatic carbocycles. The minimum absolute atomic E-state index is 0.218. The van der Waals surface area contributed by atoms with Crippen LogP contribution in [-0.2, 0) is 28.6 Å². The van der Waals surface area contributed by atoms with E-state index in [0.717, 1.165) is 13.1 Å². The number of hydrogen-bond acceptors (Lipinski definition) is 8. The van der Waals surface area contributed by atoms with Crippen molar-refractivity contribution in [3.8, 4) is 0 Å². The Hall–Kier alpha value is -3.05. The molecule has 6 atom stereocenters. The number of unbranched alkanes of at least 4 members (excludes halogenated alkanes) is 1. The molecule has 2 unspecified atom stereocenters. The van der Waals surface area contributed by atoms with Crippen molar-refractivity contribution >= 4 is 17.8 Å². The second-order valence-corrected chi connectivity index (χ2v) is 12.2. The van der Waals surface area contributed by atoms with Gasteiger partial charge < -0.3 is 29.1 Å². The summed E-state index contributed by atoms with van der Waals surface area (Å²) in [7, 11) is 0. The molecule has 4 heterocycles. The zero-order valence-electron chi connectivity index (χ0n) is 25.2. The number of esters is 1. The number of carbonyl (C=O) groups excluding carboxylic acids is 3. The Morgan fingerprint density at radius 3 is 2.60 bits per heavy atom. The first-order valence-corrected chi connectivity index (χ1v) is 15.5. The molecule has 1 N–H and O–H groups in total. The number of amides is 2. The summed E-state index contributed by atoms with van der Waals surface area (Å²) in [6.07, 6.45) is 5.77. The molecule has 4 saturated heterocycles.